The Morgan fingerprint density at radius 3 is 2.75 bits per heavy atom. The smallest absolute Gasteiger partial charge is 0.0929 e. The van der Waals surface area contributed by atoms with Crippen molar-refractivity contribution >= 4 is 0 Å². The van der Waals surface area contributed by atoms with Gasteiger partial charge in [0.25, 0.3) is 0 Å². The van der Waals surface area contributed by atoms with Gasteiger partial charge in [-0.05, 0) is 12.5 Å². The second kappa shape index (κ2) is 2.67. The molecule has 2 aliphatic rings. The van der Waals surface area contributed by atoms with Crippen molar-refractivity contribution in [2.24, 2.45) is 11.8 Å². The van der Waals surface area contributed by atoms with Gasteiger partial charge in [0.1, 0.15) is 0 Å². The number of hydrogen-bond donors (Lipinski definition) is 1. The molecule has 0 aliphatic heterocycles. The van der Waals surface area contributed by atoms with Crippen molar-refractivity contribution in [3.8, 4) is 0 Å². The van der Waals surface area contributed by atoms with Crippen molar-refractivity contribution in [2.45, 2.75) is 6.92 Å². The first-order valence-corrected chi connectivity index (χ1v) is 4.22. The lowest BCUT2D eigenvalue weighted by Crippen LogP contribution is -2.07. The highest BCUT2D eigenvalue weighted by Crippen LogP contribution is 2.35. The maximum absolute atomic E-state index is 9.36. The largest absolute Gasteiger partial charge is 0.512 e. The zero-order valence-electron chi connectivity index (χ0n) is 7.07. The molecule has 0 radical (unpaired) electrons. The Kier molecular flexibility index (Phi) is 1.65. The summed E-state index contributed by atoms with van der Waals surface area (Å²) < 4.78 is 0. The Hall–Kier alpha value is -1.24. The number of aliphatic hydroxyl groups is 1. The summed E-state index contributed by atoms with van der Waals surface area (Å²) in [5.41, 5.74) is 1.06. The average Bonchev–Trinajstić information content (AvgIpc) is 2.47. The number of allylic oxidation sites excluding steroid dienone is 8. The van der Waals surface area contributed by atoms with Crippen LogP contribution in [0.4, 0.5) is 0 Å². The van der Waals surface area contributed by atoms with Crippen LogP contribution in [0.5, 0.6) is 0 Å². The monoisotopic (exact) mass is 160 g/mol. The van der Waals surface area contributed by atoms with Crippen LogP contribution < -0.4 is 0 Å². The summed E-state index contributed by atoms with van der Waals surface area (Å²) >= 11 is 0. The van der Waals surface area contributed by atoms with Gasteiger partial charge < -0.3 is 5.11 Å². The van der Waals surface area contributed by atoms with Gasteiger partial charge in [-0.2, -0.15) is 0 Å². The summed E-state index contributed by atoms with van der Waals surface area (Å²) in [6.07, 6.45) is 12.6. The average molecular weight is 160 g/mol. The minimum atomic E-state index is 0.375. The molecule has 2 rings (SSSR count). The first-order valence-electron chi connectivity index (χ1n) is 4.22. The SMILES string of the molecule is C/C(O)=C1\C=C[C@@H]2C=CC=C[C@H]12. The van der Waals surface area contributed by atoms with Crippen molar-refractivity contribution in [3.63, 3.8) is 0 Å². The van der Waals surface area contributed by atoms with Crippen LogP contribution in [-0.4, -0.2) is 5.11 Å². The molecule has 12 heavy (non-hydrogen) atoms. The molecule has 0 aromatic heterocycles. The molecule has 0 fully saturated rings. The topological polar surface area (TPSA) is 20.2 Å². The zero-order valence-corrected chi connectivity index (χ0v) is 7.07. The molecule has 0 aromatic carbocycles. The molecular weight excluding hydrogens is 148 g/mol. The second-order valence-electron chi connectivity index (χ2n) is 3.27. The normalized spacial score (nSPS) is 35.4. The highest BCUT2D eigenvalue weighted by atomic mass is 16.3. The standard InChI is InChI=1S/C11H12O/c1-8(12)10-7-6-9-4-2-3-5-11(9)10/h2-7,9,11-12H,1H3/b10-8-/t9-,11-/m0/s1. The Bertz CT molecular complexity index is 301. The van der Waals surface area contributed by atoms with Gasteiger partial charge in [0.05, 0.1) is 5.76 Å². The number of rotatable bonds is 0. The molecule has 0 amide bonds. The minimum Gasteiger partial charge on any atom is -0.512 e. The quantitative estimate of drug-likeness (QED) is 0.540. The first-order chi connectivity index (χ1) is 5.79. The molecule has 0 bridgehead atoms. The summed E-state index contributed by atoms with van der Waals surface area (Å²) in [6, 6.07) is 0. The van der Waals surface area contributed by atoms with Gasteiger partial charge in [0, 0.05) is 11.8 Å². The van der Waals surface area contributed by atoms with Gasteiger partial charge in [-0.15, -0.1) is 0 Å². The van der Waals surface area contributed by atoms with Gasteiger partial charge in [-0.3, -0.25) is 0 Å². The summed E-state index contributed by atoms with van der Waals surface area (Å²) in [5.74, 6) is 1.28. The molecule has 0 heterocycles. The van der Waals surface area contributed by atoms with E-state index in [9.17, 15) is 5.11 Å². The van der Waals surface area contributed by atoms with E-state index in [1.54, 1.807) is 6.92 Å². The molecule has 62 valence electrons. The number of fused-ring (bicyclic) bond motifs is 1. The lowest BCUT2D eigenvalue weighted by molar-refractivity contribution is 0.401. The third kappa shape index (κ3) is 1.02. The fourth-order valence-corrected chi connectivity index (χ4v) is 1.81. The minimum absolute atomic E-state index is 0.375. The van der Waals surface area contributed by atoms with Crippen LogP contribution in [0.25, 0.3) is 0 Å². The van der Waals surface area contributed by atoms with Gasteiger partial charge in [0.15, 0.2) is 0 Å². The van der Waals surface area contributed by atoms with Crippen LogP contribution in [0.15, 0.2) is 47.8 Å². The van der Waals surface area contributed by atoms with E-state index in [-0.39, 0.29) is 0 Å². The van der Waals surface area contributed by atoms with E-state index in [0.29, 0.717) is 17.6 Å². The molecule has 1 N–H and O–H groups in total. The third-order valence-corrected chi connectivity index (χ3v) is 2.45. The fourth-order valence-electron chi connectivity index (χ4n) is 1.81. The van der Waals surface area contributed by atoms with Crippen LogP contribution in [0.3, 0.4) is 0 Å². The van der Waals surface area contributed by atoms with E-state index >= 15 is 0 Å². The van der Waals surface area contributed by atoms with Gasteiger partial charge in [0.2, 0.25) is 0 Å². The zero-order chi connectivity index (χ0) is 8.55. The summed E-state index contributed by atoms with van der Waals surface area (Å²) in [5, 5.41) is 9.36. The maximum atomic E-state index is 9.36. The van der Waals surface area contributed by atoms with Crippen molar-refractivity contribution < 1.29 is 5.11 Å². The summed E-state index contributed by atoms with van der Waals surface area (Å²) in [4.78, 5) is 0. The van der Waals surface area contributed by atoms with Gasteiger partial charge in [-0.25, -0.2) is 0 Å². The molecule has 1 nitrogen and oxygen atoms in total. The lowest BCUT2D eigenvalue weighted by atomic mass is 9.88. The molecular formula is C11H12O. The Balaban J connectivity index is 2.36. The second-order valence-corrected chi connectivity index (χ2v) is 3.27. The molecule has 2 atom stereocenters. The molecule has 1 heteroatoms. The van der Waals surface area contributed by atoms with E-state index in [4.69, 9.17) is 0 Å². The van der Waals surface area contributed by atoms with E-state index in [2.05, 4.69) is 24.3 Å². The van der Waals surface area contributed by atoms with Crippen LogP contribution in [0, 0.1) is 11.8 Å². The molecule has 0 spiro atoms. The maximum Gasteiger partial charge on any atom is 0.0929 e. The fraction of sp³-hybridized carbons (Fsp3) is 0.273. The molecule has 0 unspecified atom stereocenters. The van der Waals surface area contributed by atoms with Gasteiger partial charge in [-0.1, -0.05) is 36.5 Å². The third-order valence-electron chi connectivity index (χ3n) is 2.45. The van der Waals surface area contributed by atoms with E-state index in [1.807, 2.05) is 12.2 Å². The van der Waals surface area contributed by atoms with Crippen molar-refractivity contribution in [1.29, 1.82) is 0 Å². The highest BCUT2D eigenvalue weighted by Gasteiger charge is 2.25. The Morgan fingerprint density at radius 2 is 2.00 bits per heavy atom. The number of hydrogen-bond acceptors (Lipinski definition) is 1. The van der Waals surface area contributed by atoms with Crippen molar-refractivity contribution in [1.82, 2.24) is 0 Å². The van der Waals surface area contributed by atoms with Crippen molar-refractivity contribution in [2.75, 3.05) is 0 Å². The van der Waals surface area contributed by atoms with Gasteiger partial charge >= 0.3 is 0 Å². The van der Waals surface area contributed by atoms with Crippen LogP contribution >= 0.6 is 0 Å². The van der Waals surface area contributed by atoms with Crippen molar-refractivity contribution in [3.05, 3.63) is 47.8 Å². The molecule has 0 saturated carbocycles. The van der Waals surface area contributed by atoms with Crippen LogP contribution in [0.2, 0.25) is 0 Å². The Labute approximate surface area is 72.4 Å². The molecule has 0 saturated heterocycles. The first kappa shape index (κ1) is 7.41. The summed E-state index contributed by atoms with van der Waals surface area (Å²) in [6.45, 7) is 1.74. The van der Waals surface area contributed by atoms with E-state index in [0.717, 1.165) is 5.57 Å². The lowest BCUT2D eigenvalue weighted by Gasteiger charge is -2.16. The summed E-state index contributed by atoms with van der Waals surface area (Å²) in [7, 11) is 0. The number of aliphatic hydroxyl groups excluding tert-OH is 1. The van der Waals surface area contributed by atoms with Crippen LogP contribution in [-0.2, 0) is 0 Å². The van der Waals surface area contributed by atoms with E-state index < -0.39 is 0 Å². The highest BCUT2D eigenvalue weighted by molar-refractivity contribution is 5.40. The molecule has 0 aromatic rings. The van der Waals surface area contributed by atoms with E-state index in [1.165, 1.54) is 0 Å². The van der Waals surface area contributed by atoms with Crippen LogP contribution in [0.1, 0.15) is 6.92 Å². The predicted octanol–water partition coefficient (Wildman–Crippen LogP) is 2.75. The molecule has 2 aliphatic carbocycles. The Morgan fingerprint density at radius 1 is 1.25 bits per heavy atom. The predicted molar refractivity (Wildman–Crippen MR) is 49.7 cm³/mol.